The monoisotopic (exact) mass is 288 g/mol. The summed E-state index contributed by atoms with van der Waals surface area (Å²) < 4.78 is 28.4. The predicted molar refractivity (Wildman–Crippen MR) is 67.8 cm³/mol. The summed E-state index contributed by atoms with van der Waals surface area (Å²) in [5, 5.41) is -0.540. The maximum atomic E-state index is 11.9. The topological polar surface area (TPSA) is 60.4 Å². The molecule has 6 heteroatoms. The van der Waals surface area contributed by atoms with E-state index < -0.39 is 21.2 Å². The van der Waals surface area contributed by atoms with E-state index in [1.807, 2.05) is 6.92 Å². The Morgan fingerprint density at radius 1 is 1.50 bits per heavy atom. The van der Waals surface area contributed by atoms with Gasteiger partial charge in [-0.3, -0.25) is 0 Å². The lowest BCUT2D eigenvalue weighted by Crippen LogP contribution is -2.08. The van der Waals surface area contributed by atoms with Gasteiger partial charge in [-0.25, -0.2) is 13.2 Å². The van der Waals surface area contributed by atoms with Crippen molar-refractivity contribution in [1.82, 2.24) is 0 Å². The lowest BCUT2D eigenvalue weighted by molar-refractivity contribution is 0.0599. The summed E-state index contributed by atoms with van der Waals surface area (Å²) in [6.07, 6.45) is 0.612. The molecular formula is C12H13ClO4S. The van der Waals surface area contributed by atoms with Crippen LogP contribution in [0.1, 0.15) is 33.8 Å². The van der Waals surface area contributed by atoms with Gasteiger partial charge in [-0.1, -0.05) is 13.0 Å². The number of rotatable bonds is 2. The van der Waals surface area contributed by atoms with Crippen LogP contribution in [0.5, 0.6) is 0 Å². The zero-order valence-electron chi connectivity index (χ0n) is 10.1. The minimum absolute atomic E-state index is 0.113. The number of benzene rings is 1. The highest BCUT2D eigenvalue weighted by molar-refractivity contribution is 7.91. The number of hydrogen-bond acceptors (Lipinski definition) is 4. The van der Waals surface area contributed by atoms with Crippen molar-refractivity contribution >= 4 is 27.4 Å². The number of aryl methyl sites for hydroxylation is 1. The minimum atomic E-state index is -3.38. The van der Waals surface area contributed by atoms with Gasteiger partial charge >= 0.3 is 5.97 Å². The van der Waals surface area contributed by atoms with Gasteiger partial charge in [0.15, 0.2) is 9.84 Å². The number of alkyl halides is 1. The van der Waals surface area contributed by atoms with Crippen molar-refractivity contribution in [3.63, 3.8) is 0 Å². The molecule has 0 fully saturated rings. The molecule has 0 N–H and O–H groups in total. The molecule has 1 unspecified atom stereocenters. The molecule has 1 heterocycles. The molecule has 1 aromatic rings. The average Bonchev–Trinajstić information content (AvgIpc) is 2.57. The highest BCUT2D eigenvalue weighted by Gasteiger charge is 2.35. The zero-order valence-corrected chi connectivity index (χ0v) is 11.6. The first kappa shape index (κ1) is 13.4. The van der Waals surface area contributed by atoms with Crippen LogP contribution >= 0.6 is 11.6 Å². The van der Waals surface area contributed by atoms with Crippen molar-refractivity contribution in [3.8, 4) is 0 Å². The molecule has 0 aromatic heterocycles. The molecule has 0 spiro atoms. The van der Waals surface area contributed by atoms with Gasteiger partial charge in [0.05, 0.1) is 28.7 Å². The normalized spacial score (nSPS) is 20.5. The maximum Gasteiger partial charge on any atom is 0.338 e. The largest absolute Gasteiger partial charge is 0.465 e. The van der Waals surface area contributed by atoms with E-state index in [2.05, 4.69) is 4.74 Å². The smallest absolute Gasteiger partial charge is 0.338 e. The number of ether oxygens (including phenoxy) is 1. The number of halogens is 1. The number of carbonyl (C=O) groups is 1. The first-order valence-electron chi connectivity index (χ1n) is 5.52. The second kappa shape index (κ2) is 4.55. The fourth-order valence-electron chi connectivity index (χ4n) is 2.12. The summed E-state index contributed by atoms with van der Waals surface area (Å²) in [7, 11) is -2.11. The van der Waals surface area contributed by atoms with Crippen molar-refractivity contribution < 1.29 is 17.9 Å². The highest BCUT2D eigenvalue weighted by atomic mass is 35.5. The van der Waals surface area contributed by atoms with Crippen LogP contribution in [-0.4, -0.2) is 27.2 Å². The fourth-order valence-corrected chi connectivity index (χ4v) is 4.47. The third kappa shape index (κ3) is 2.01. The Morgan fingerprint density at radius 3 is 2.72 bits per heavy atom. The molecule has 0 saturated carbocycles. The second-order valence-corrected chi connectivity index (χ2v) is 6.67. The van der Waals surface area contributed by atoms with Crippen molar-refractivity contribution in [2.75, 3.05) is 12.9 Å². The molecule has 98 valence electrons. The highest BCUT2D eigenvalue weighted by Crippen LogP contribution is 2.39. The predicted octanol–water partition coefficient (Wildman–Crippen LogP) is 2.10. The van der Waals surface area contributed by atoms with E-state index >= 15 is 0 Å². The van der Waals surface area contributed by atoms with Crippen LogP contribution in [-0.2, 0) is 21.0 Å². The number of sulfone groups is 1. The second-order valence-electron chi connectivity index (χ2n) is 4.14. The molecule has 4 nitrogen and oxygen atoms in total. The van der Waals surface area contributed by atoms with E-state index in [0.717, 1.165) is 5.56 Å². The summed E-state index contributed by atoms with van der Waals surface area (Å²) >= 11 is 6.03. The number of esters is 1. The Labute approximate surface area is 111 Å². The maximum absolute atomic E-state index is 11.9. The van der Waals surface area contributed by atoms with Gasteiger partial charge in [0.1, 0.15) is 0 Å². The Hall–Kier alpha value is -1.07. The first-order valence-corrected chi connectivity index (χ1v) is 7.61. The quantitative estimate of drug-likeness (QED) is 0.618. The van der Waals surface area contributed by atoms with Crippen LogP contribution < -0.4 is 0 Å². The van der Waals surface area contributed by atoms with Crippen LogP contribution in [0, 0.1) is 0 Å². The third-order valence-electron chi connectivity index (χ3n) is 3.06. The van der Waals surface area contributed by atoms with Gasteiger partial charge < -0.3 is 4.74 Å². The van der Waals surface area contributed by atoms with E-state index in [0.29, 0.717) is 17.5 Å². The van der Waals surface area contributed by atoms with Crippen LogP contribution in [0.2, 0.25) is 0 Å². The Balaban J connectivity index is 2.70. The molecule has 1 atom stereocenters. The van der Waals surface area contributed by atoms with Gasteiger partial charge in [0.25, 0.3) is 0 Å². The summed E-state index contributed by atoms with van der Waals surface area (Å²) in [5.41, 5.74) is 1.64. The number of fused-ring (bicyclic) bond motifs is 1. The molecule has 0 radical (unpaired) electrons. The summed E-state index contributed by atoms with van der Waals surface area (Å²) in [6, 6.07) is 3.08. The zero-order chi connectivity index (χ0) is 13.5. The number of hydrogen-bond donors (Lipinski definition) is 0. The van der Waals surface area contributed by atoms with E-state index in [4.69, 9.17) is 11.6 Å². The SMILES string of the molecule is CCc1cc2c(cc1C(=O)OC)S(=O)(=O)CC2Cl. The van der Waals surface area contributed by atoms with E-state index in [9.17, 15) is 13.2 Å². The van der Waals surface area contributed by atoms with Crippen LogP contribution in [0.4, 0.5) is 0 Å². The molecule has 0 bridgehead atoms. The molecule has 0 amide bonds. The number of carbonyl (C=O) groups excluding carboxylic acids is 1. The summed E-state index contributed by atoms with van der Waals surface area (Å²) in [6.45, 7) is 1.89. The van der Waals surface area contributed by atoms with Crippen molar-refractivity contribution in [3.05, 3.63) is 28.8 Å². The van der Waals surface area contributed by atoms with Crippen molar-refractivity contribution in [2.24, 2.45) is 0 Å². The Morgan fingerprint density at radius 2 is 2.17 bits per heavy atom. The van der Waals surface area contributed by atoms with Gasteiger partial charge in [-0.15, -0.1) is 11.6 Å². The van der Waals surface area contributed by atoms with Gasteiger partial charge in [-0.2, -0.15) is 0 Å². The van der Waals surface area contributed by atoms with E-state index in [1.165, 1.54) is 13.2 Å². The van der Waals surface area contributed by atoms with E-state index in [-0.39, 0.29) is 10.6 Å². The molecule has 18 heavy (non-hydrogen) atoms. The Kier molecular flexibility index (Phi) is 3.38. The summed E-state index contributed by atoms with van der Waals surface area (Å²) in [5.74, 6) is -0.639. The lowest BCUT2D eigenvalue weighted by atomic mass is 10.0. The van der Waals surface area contributed by atoms with Crippen molar-refractivity contribution in [1.29, 1.82) is 0 Å². The number of methoxy groups -OCH3 is 1. The third-order valence-corrected chi connectivity index (χ3v) is 5.43. The van der Waals surface area contributed by atoms with Gasteiger partial charge in [-0.05, 0) is 23.6 Å². The fraction of sp³-hybridized carbons (Fsp3) is 0.417. The molecule has 1 aromatic carbocycles. The van der Waals surface area contributed by atoms with Crippen LogP contribution in [0.3, 0.4) is 0 Å². The van der Waals surface area contributed by atoms with Crippen LogP contribution in [0.15, 0.2) is 17.0 Å². The summed E-state index contributed by atoms with van der Waals surface area (Å²) in [4.78, 5) is 11.8. The first-order chi connectivity index (χ1) is 8.40. The molecule has 1 aliphatic heterocycles. The average molecular weight is 289 g/mol. The van der Waals surface area contributed by atoms with Gasteiger partial charge in [0.2, 0.25) is 0 Å². The molecule has 1 aliphatic rings. The molecule has 0 aliphatic carbocycles. The van der Waals surface area contributed by atoms with E-state index in [1.54, 1.807) is 6.07 Å². The van der Waals surface area contributed by atoms with Crippen LogP contribution in [0.25, 0.3) is 0 Å². The molecule has 0 saturated heterocycles. The standard InChI is InChI=1S/C12H13ClO4S/c1-3-7-4-9-10(13)6-18(15,16)11(9)5-8(7)12(14)17-2/h4-5,10H,3,6H2,1-2H3. The molecule has 2 rings (SSSR count). The lowest BCUT2D eigenvalue weighted by Gasteiger charge is -2.09. The molecular weight excluding hydrogens is 276 g/mol. The minimum Gasteiger partial charge on any atom is -0.465 e. The van der Waals surface area contributed by atoms with Crippen molar-refractivity contribution in [2.45, 2.75) is 23.6 Å². The Bertz CT molecular complexity index is 607. The van der Waals surface area contributed by atoms with Gasteiger partial charge in [0, 0.05) is 0 Å².